The molecular weight excluding hydrogens is 280 g/mol. The van der Waals surface area contributed by atoms with E-state index in [0.29, 0.717) is 5.92 Å². The quantitative estimate of drug-likeness (QED) is 0.796. The maximum atomic E-state index is 6.42. The van der Waals surface area contributed by atoms with Gasteiger partial charge in [0.15, 0.2) is 5.72 Å². The van der Waals surface area contributed by atoms with Crippen molar-refractivity contribution in [2.75, 3.05) is 20.1 Å². The molecule has 1 saturated heterocycles. The highest BCUT2D eigenvalue weighted by Crippen LogP contribution is 2.39. The standard InChI is InChI=1S/C13H17BrN2O/c1-16-5-4-13(15)10(8-16)6-9-7-11(14)2-3-12(9)17-13/h2-3,7,10H,4-6,8,15H2,1H3. The third kappa shape index (κ3) is 1.98. The van der Waals surface area contributed by atoms with Gasteiger partial charge >= 0.3 is 0 Å². The van der Waals surface area contributed by atoms with Gasteiger partial charge in [0.1, 0.15) is 5.75 Å². The van der Waals surface area contributed by atoms with E-state index in [1.54, 1.807) is 0 Å². The van der Waals surface area contributed by atoms with Gasteiger partial charge in [0.2, 0.25) is 0 Å². The molecule has 0 radical (unpaired) electrons. The van der Waals surface area contributed by atoms with Crippen LogP contribution in [0.25, 0.3) is 0 Å². The number of piperidine rings is 1. The van der Waals surface area contributed by atoms with Crippen molar-refractivity contribution in [3.8, 4) is 5.75 Å². The Bertz CT molecular complexity index is 451. The summed E-state index contributed by atoms with van der Waals surface area (Å²) in [5.41, 5.74) is 7.22. The second kappa shape index (κ2) is 3.97. The summed E-state index contributed by atoms with van der Waals surface area (Å²) in [6.45, 7) is 2.03. The molecule has 2 heterocycles. The van der Waals surface area contributed by atoms with E-state index in [2.05, 4.69) is 33.9 Å². The van der Waals surface area contributed by atoms with Crippen LogP contribution in [-0.2, 0) is 6.42 Å². The average molecular weight is 297 g/mol. The highest BCUT2D eigenvalue weighted by Gasteiger charge is 2.44. The number of nitrogens with zero attached hydrogens (tertiary/aromatic N) is 1. The van der Waals surface area contributed by atoms with Crippen LogP contribution in [0.1, 0.15) is 12.0 Å². The predicted octanol–water partition coefficient (Wildman–Crippen LogP) is 1.99. The van der Waals surface area contributed by atoms with Crippen molar-refractivity contribution in [1.29, 1.82) is 0 Å². The van der Waals surface area contributed by atoms with Gasteiger partial charge < -0.3 is 9.64 Å². The first-order valence-corrected chi connectivity index (χ1v) is 6.81. The summed E-state index contributed by atoms with van der Waals surface area (Å²) in [7, 11) is 2.15. The molecule has 0 spiro atoms. The number of rotatable bonds is 0. The Balaban J connectivity index is 1.95. The van der Waals surface area contributed by atoms with Crippen LogP contribution in [0.4, 0.5) is 0 Å². The van der Waals surface area contributed by atoms with Crippen LogP contribution in [0.5, 0.6) is 5.75 Å². The molecule has 2 atom stereocenters. The Labute approximate surface area is 110 Å². The summed E-state index contributed by atoms with van der Waals surface area (Å²) in [6.07, 6.45) is 1.92. The van der Waals surface area contributed by atoms with Gasteiger partial charge in [0.05, 0.1) is 0 Å². The van der Waals surface area contributed by atoms with Crippen LogP contribution in [0.2, 0.25) is 0 Å². The highest BCUT2D eigenvalue weighted by molar-refractivity contribution is 9.10. The van der Waals surface area contributed by atoms with Gasteiger partial charge in [-0.1, -0.05) is 15.9 Å². The van der Waals surface area contributed by atoms with Crippen LogP contribution in [0, 0.1) is 5.92 Å². The average Bonchev–Trinajstić information content (AvgIpc) is 2.28. The lowest BCUT2D eigenvalue weighted by molar-refractivity contribution is -0.0529. The second-order valence-electron chi connectivity index (χ2n) is 5.22. The van der Waals surface area contributed by atoms with Gasteiger partial charge in [-0.25, -0.2) is 0 Å². The zero-order valence-electron chi connectivity index (χ0n) is 9.95. The van der Waals surface area contributed by atoms with E-state index in [0.717, 1.165) is 36.2 Å². The Hall–Kier alpha value is -0.580. The third-order valence-corrected chi connectivity index (χ3v) is 4.39. The first kappa shape index (κ1) is 11.5. The van der Waals surface area contributed by atoms with E-state index < -0.39 is 5.72 Å². The molecule has 3 nitrogen and oxygen atoms in total. The van der Waals surface area contributed by atoms with Gasteiger partial charge in [-0.3, -0.25) is 5.73 Å². The minimum absolute atomic E-state index is 0.392. The molecule has 2 aliphatic rings. The molecule has 92 valence electrons. The lowest BCUT2D eigenvalue weighted by Gasteiger charge is -2.47. The maximum absolute atomic E-state index is 6.42. The fourth-order valence-electron chi connectivity index (χ4n) is 2.84. The number of hydrogen-bond donors (Lipinski definition) is 1. The molecule has 0 saturated carbocycles. The number of benzene rings is 1. The number of nitrogens with two attached hydrogens (primary N) is 1. The first-order valence-electron chi connectivity index (χ1n) is 6.02. The minimum atomic E-state index is -0.465. The van der Waals surface area contributed by atoms with Gasteiger partial charge in [0, 0.05) is 29.9 Å². The van der Waals surface area contributed by atoms with Crippen molar-refractivity contribution in [2.24, 2.45) is 11.7 Å². The first-order chi connectivity index (χ1) is 8.07. The van der Waals surface area contributed by atoms with E-state index in [1.165, 1.54) is 5.56 Å². The molecule has 4 heteroatoms. The number of ether oxygens (including phenoxy) is 1. The van der Waals surface area contributed by atoms with E-state index in [-0.39, 0.29) is 0 Å². The highest BCUT2D eigenvalue weighted by atomic mass is 79.9. The SMILES string of the molecule is CN1CCC2(N)Oc3ccc(Br)cc3CC2C1. The largest absolute Gasteiger partial charge is 0.472 e. The van der Waals surface area contributed by atoms with E-state index in [4.69, 9.17) is 10.5 Å². The molecule has 2 aliphatic heterocycles. The second-order valence-corrected chi connectivity index (χ2v) is 6.14. The maximum Gasteiger partial charge on any atom is 0.164 e. The monoisotopic (exact) mass is 296 g/mol. The van der Waals surface area contributed by atoms with Gasteiger partial charge in [-0.2, -0.15) is 0 Å². The molecule has 2 unspecified atom stereocenters. The van der Waals surface area contributed by atoms with Crippen molar-refractivity contribution in [3.63, 3.8) is 0 Å². The van der Waals surface area contributed by atoms with Crippen LogP contribution < -0.4 is 10.5 Å². The van der Waals surface area contributed by atoms with Crippen LogP contribution >= 0.6 is 15.9 Å². The minimum Gasteiger partial charge on any atom is -0.472 e. The van der Waals surface area contributed by atoms with Gasteiger partial charge in [-0.15, -0.1) is 0 Å². The van der Waals surface area contributed by atoms with Crippen LogP contribution in [-0.4, -0.2) is 30.8 Å². The Morgan fingerprint density at radius 3 is 3.18 bits per heavy atom. The van der Waals surface area contributed by atoms with Crippen molar-refractivity contribution in [3.05, 3.63) is 28.2 Å². The van der Waals surface area contributed by atoms with E-state index in [9.17, 15) is 0 Å². The summed E-state index contributed by atoms with van der Waals surface area (Å²) in [4.78, 5) is 2.34. The zero-order chi connectivity index (χ0) is 12.0. The number of halogens is 1. The predicted molar refractivity (Wildman–Crippen MR) is 71.0 cm³/mol. The van der Waals surface area contributed by atoms with Gasteiger partial charge in [-0.05, 0) is 37.2 Å². The van der Waals surface area contributed by atoms with E-state index in [1.807, 2.05) is 12.1 Å². The summed E-state index contributed by atoms with van der Waals surface area (Å²) < 4.78 is 7.16. The van der Waals surface area contributed by atoms with Crippen LogP contribution in [0.3, 0.4) is 0 Å². The molecular formula is C13H17BrN2O. The molecule has 1 aromatic carbocycles. The fraction of sp³-hybridized carbons (Fsp3) is 0.538. The van der Waals surface area contributed by atoms with Crippen molar-refractivity contribution in [1.82, 2.24) is 4.90 Å². The van der Waals surface area contributed by atoms with E-state index >= 15 is 0 Å². The Morgan fingerprint density at radius 1 is 1.53 bits per heavy atom. The smallest absolute Gasteiger partial charge is 0.164 e. The molecule has 1 fully saturated rings. The molecule has 2 N–H and O–H groups in total. The Morgan fingerprint density at radius 2 is 2.35 bits per heavy atom. The van der Waals surface area contributed by atoms with Crippen molar-refractivity contribution >= 4 is 15.9 Å². The van der Waals surface area contributed by atoms with Crippen molar-refractivity contribution in [2.45, 2.75) is 18.6 Å². The molecule has 0 aliphatic carbocycles. The Kier molecular flexibility index (Phi) is 2.69. The summed E-state index contributed by atoms with van der Waals surface area (Å²) in [5, 5.41) is 0. The lowest BCUT2D eigenvalue weighted by atomic mass is 9.81. The number of likely N-dealkylation sites (tertiary alicyclic amines) is 1. The topological polar surface area (TPSA) is 38.5 Å². The van der Waals surface area contributed by atoms with Crippen molar-refractivity contribution < 1.29 is 4.74 Å². The molecule has 17 heavy (non-hydrogen) atoms. The molecule has 0 bridgehead atoms. The van der Waals surface area contributed by atoms with Crippen LogP contribution in [0.15, 0.2) is 22.7 Å². The summed E-state index contributed by atoms with van der Waals surface area (Å²) in [6, 6.07) is 6.17. The number of fused-ring (bicyclic) bond motifs is 2. The summed E-state index contributed by atoms with van der Waals surface area (Å²) in [5.74, 6) is 1.35. The molecule has 1 aromatic rings. The normalized spacial score (nSPS) is 32.5. The molecule has 0 aromatic heterocycles. The summed E-state index contributed by atoms with van der Waals surface area (Å²) >= 11 is 3.51. The molecule has 3 rings (SSSR count). The number of hydrogen-bond acceptors (Lipinski definition) is 3. The third-order valence-electron chi connectivity index (χ3n) is 3.90. The van der Waals surface area contributed by atoms with Gasteiger partial charge in [0.25, 0.3) is 0 Å². The lowest BCUT2D eigenvalue weighted by Crippen LogP contribution is -2.62. The zero-order valence-corrected chi connectivity index (χ0v) is 11.5. The molecule has 0 amide bonds. The fourth-order valence-corrected chi connectivity index (χ4v) is 3.25.